The number of aliphatic hydroxyl groups excluding tert-OH is 1. The second kappa shape index (κ2) is 46.3. The van der Waals surface area contributed by atoms with Crippen LogP contribution in [0.15, 0.2) is 121 Å². The van der Waals surface area contributed by atoms with Crippen molar-refractivity contribution in [3.05, 3.63) is 144 Å². The zero-order chi connectivity index (χ0) is 57.3. The van der Waals surface area contributed by atoms with Gasteiger partial charge in [0.05, 0.1) is 31.3 Å². The molecular formula is C56H70ClKN2O18. The van der Waals surface area contributed by atoms with Crippen LogP contribution in [0.2, 0.25) is 0 Å². The van der Waals surface area contributed by atoms with E-state index in [1.807, 2.05) is 26.0 Å². The zero-order valence-corrected chi connectivity index (χ0v) is 48.3. The van der Waals surface area contributed by atoms with Crippen molar-refractivity contribution in [2.45, 2.75) is 87.5 Å². The van der Waals surface area contributed by atoms with Gasteiger partial charge in [-0.25, -0.2) is 9.59 Å². The van der Waals surface area contributed by atoms with Crippen molar-refractivity contribution < 1.29 is 139 Å². The number of carboxylic acid groups (broad SMARTS) is 1. The maximum atomic E-state index is 12.1. The number of para-hydroxylation sites is 4. The van der Waals surface area contributed by atoms with Crippen molar-refractivity contribution in [1.29, 1.82) is 0 Å². The number of methoxy groups -OCH3 is 1. The first kappa shape index (κ1) is 75.4. The number of aliphatic hydroxyl groups is 1. The van der Waals surface area contributed by atoms with E-state index in [9.17, 15) is 47.9 Å². The number of halogens is 1. The van der Waals surface area contributed by atoms with E-state index in [-0.39, 0.29) is 143 Å². The molecule has 420 valence electrons. The van der Waals surface area contributed by atoms with E-state index in [1.54, 1.807) is 84.9 Å². The number of ether oxygens (including phenoxy) is 6. The molecule has 0 fully saturated rings. The average Bonchev–Trinajstić information content (AvgIpc) is 3.37. The van der Waals surface area contributed by atoms with E-state index >= 15 is 0 Å². The molecule has 0 radical (unpaired) electrons. The minimum Gasteiger partial charge on any atom is -1.00 e. The maximum Gasteiger partial charge on any atom is 1.00 e. The second-order valence-electron chi connectivity index (χ2n) is 14.8. The minimum atomic E-state index is -1.11. The topological polar surface area (TPSA) is 291 Å². The molecule has 0 aliphatic carbocycles. The molecular weight excluding hydrogens is 1060 g/mol. The fourth-order valence-electron chi connectivity index (χ4n) is 5.35. The summed E-state index contributed by atoms with van der Waals surface area (Å²) in [6.07, 6.45) is 10.8. The van der Waals surface area contributed by atoms with E-state index in [0.717, 1.165) is 12.8 Å². The van der Waals surface area contributed by atoms with E-state index in [2.05, 4.69) is 20.1 Å². The Balaban J connectivity index is -0.000000458. The van der Waals surface area contributed by atoms with Crippen LogP contribution >= 0.6 is 11.6 Å². The molecule has 4 rings (SSSR count). The minimum absolute atomic E-state index is 0. The Hall–Kier alpha value is -6.85. The van der Waals surface area contributed by atoms with Crippen molar-refractivity contribution in [3.63, 3.8) is 0 Å². The van der Waals surface area contributed by atoms with E-state index in [0.29, 0.717) is 37.9 Å². The third-order valence-corrected chi connectivity index (χ3v) is 8.70. The van der Waals surface area contributed by atoms with E-state index in [1.165, 1.54) is 59.1 Å². The van der Waals surface area contributed by atoms with Crippen LogP contribution in [-0.2, 0) is 38.2 Å². The quantitative estimate of drug-likeness (QED) is 0.0188. The van der Waals surface area contributed by atoms with E-state index < -0.39 is 35.8 Å². The normalized spacial score (nSPS) is 9.60. The average molecular weight is 1130 g/mol. The maximum absolute atomic E-state index is 12.1. The van der Waals surface area contributed by atoms with Gasteiger partial charge in [0.15, 0.2) is 0 Å². The predicted octanol–water partition coefficient (Wildman–Crippen LogP) is 5.92. The van der Waals surface area contributed by atoms with Crippen LogP contribution in [0.4, 0.5) is 0 Å². The number of amides is 2. The summed E-state index contributed by atoms with van der Waals surface area (Å²) >= 11 is 5.02. The summed E-state index contributed by atoms with van der Waals surface area (Å²) in [4.78, 5) is 110. The number of hydrogen-bond donors (Lipinski definition) is 4. The molecule has 0 aromatic heterocycles. The van der Waals surface area contributed by atoms with Gasteiger partial charge in [-0.1, -0.05) is 94.1 Å². The zero-order valence-electron chi connectivity index (χ0n) is 45.4. The van der Waals surface area contributed by atoms with Crippen LogP contribution in [0, 0.1) is 0 Å². The van der Waals surface area contributed by atoms with Gasteiger partial charge in [-0.05, 0) is 85.8 Å². The van der Waals surface area contributed by atoms with Gasteiger partial charge in [-0.2, -0.15) is 0 Å². The summed E-state index contributed by atoms with van der Waals surface area (Å²) in [7, 11) is 1.27. The third-order valence-electron chi connectivity index (χ3n) is 8.55. The fraction of sp³-hybridized carbons (Fsp3) is 0.321. The van der Waals surface area contributed by atoms with Crippen molar-refractivity contribution >= 4 is 70.4 Å². The molecule has 4 N–H and O–H groups in total. The van der Waals surface area contributed by atoms with Gasteiger partial charge < -0.3 is 50.7 Å². The number of nitrogens with one attached hydrogen (secondary N) is 2. The monoisotopic (exact) mass is 1130 g/mol. The second-order valence-corrected chi connectivity index (χ2v) is 15.3. The summed E-state index contributed by atoms with van der Waals surface area (Å²) in [6, 6.07) is 25.4. The van der Waals surface area contributed by atoms with Gasteiger partial charge in [-0.3, -0.25) is 38.4 Å². The predicted molar refractivity (Wildman–Crippen MR) is 288 cm³/mol. The Kier molecular flexibility index (Phi) is 44.7. The van der Waals surface area contributed by atoms with Gasteiger partial charge >= 0.3 is 93.2 Å². The van der Waals surface area contributed by atoms with E-state index in [4.69, 9.17) is 40.8 Å². The summed E-state index contributed by atoms with van der Waals surface area (Å²) in [5.74, 6) is -3.81. The number of rotatable bonds is 21. The van der Waals surface area contributed by atoms with Crippen LogP contribution in [0.5, 0.6) is 23.0 Å². The molecule has 4 aromatic carbocycles. The van der Waals surface area contributed by atoms with Crippen molar-refractivity contribution in [2.24, 2.45) is 0 Å². The number of carbonyl (C=O) groups excluding carboxylic acids is 9. The van der Waals surface area contributed by atoms with Crippen molar-refractivity contribution in [2.75, 3.05) is 33.4 Å². The van der Waals surface area contributed by atoms with Gasteiger partial charge in [0.25, 0.3) is 11.8 Å². The molecule has 0 saturated heterocycles. The summed E-state index contributed by atoms with van der Waals surface area (Å²) in [5, 5.41) is 22.3. The Morgan fingerprint density at radius 3 is 1.24 bits per heavy atom. The fourth-order valence-corrected chi connectivity index (χ4v) is 5.44. The molecule has 4 aromatic rings. The van der Waals surface area contributed by atoms with Crippen molar-refractivity contribution in [1.82, 2.24) is 10.6 Å². The van der Waals surface area contributed by atoms with Crippen LogP contribution in [0.3, 0.4) is 0 Å². The SMILES string of the molecule is C.CC(=O)Oc1ccccc1C(=O)NCCCO.CC(=O)Oc1ccccc1C(=O)O.CC/C=C\CC(=O)Cl.CC/C=C\CC(=O)OCCCNC(=O)c1ccccc1OC(C)=O.COC(=O)c1ccccc1OC(C)=O.[H-].[K+]. The summed E-state index contributed by atoms with van der Waals surface area (Å²) in [5.41, 5.74) is 0.818. The Bertz CT molecular complexity index is 2590. The van der Waals surface area contributed by atoms with Gasteiger partial charge in [0, 0.05) is 53.8 Å². The first-order valence-corrected chi connectivity index (χ1v) is 23.8. The molecule has 22 heteroatoms. The number of hydrogen-bond acceptors (Lipinski definition) is 17. The standard InChI is InChI=1S/C18H23NO5.C12H15NO4.C10H10O4.C9H8O4.C6H9ClO.CH4.K.H/c1-3-4-5-11-17(21)23-13-8-12-19-18(22)15-9-6-7-10-16(15)24-14(2)20;1-9(15)17-11-6-3-2-5-10(11)12(16)13-7-4-8-14;1-7(11)14-9-6-4-3-5-8(9)10(12)13-2;1-6(10)13-8-5-3-2-4-7(8)9(11)12;1-2-3-4-5-6(7)8;;;/h4-7,9-10H,3,8,11-13H2,1-2H3,(H,19,22);2-3,5-6,14H,4,7-8H2,1H3,(H,13,16);3-6H,1-2H3;2-5H,1H3,(H,11,12);3-4H,2,5H2,1H3;1H4;;/q;;;;;;+1;-1/b5-4-;;;;4-3-;;;. The molecule has 78 heavy (non-hydrogen) atoms. The Morgan fingerprint density at radius 1 is 0.538 bits per heavy atom. The van der Waals surface area contributed by atoms with Gasteiger partial charge in [-0.15, -0.1) is 0 Å². The Morgan fingerprint density at radius 2 is 0.885 bits per heavy atom. The molecule has 0 spiro atoms. The Labute approximate surface area is 504 Å². The smallest absolute Gasteiger partial charge is 1.00 e. The molecule has 2 amide bonds. The molecule has 0 unspecified atom stereocenters. The third kappa shape index (κ3) is 36.2. The first-order chi connectivity index (χ1) is 36.2. The molecule has 0 saturated carbocycles. The number of benzene rings is 4. The van der Waals surface area contributed by atoms with Crippen molar-refractivity contribution in [3.8, 4) is 23.0 Å². The first-order valence-electron chi connectivity index (χ1n) is 23.4. The molecule has 0 atom stereocenters. The number of aromatic carboxylic acids is 1. The largest absolute Gasteiger partial charge is 1.00 e. The molecule has 20 nitrogen and oxygen atoms in total. The summed E-state index contributed by atoms with van der Waals surface area (Å²) < 4.78 is 29.0. The van der Waals surface area contributed by atoms with Gasteiger partial charge in [0.1, 0.15) is 34.1 Å². The molecule has 0 bridgehead atoms. The number of carboxylic acids is 1. The van der Waals surface area contributed by atoms with Crippen LogP contribution in [0.1, 0.15) is 130 Å². The number of carbonyl (C=O) groups is 10. The van der Waals surface area contributed by atoms with Gasteiger partial charge in [0.2, 0.25) is 5.24 Å². The van der Waals surface area contributed by atoms with Crippen LogP contribution in [0.25, 0.3) is 0 Å². The molecule has 0 heterocycles. The molecule has 0 aliphatic rings. The van der Waals surface area contributed by atoms with Crippen LogP contribution in [-0.4, -0.2) is 102 Å². The summed E-state index contributed by atoms with van der Waals surface area (Å²) in [6.45, 7) is 10.0. The number of allylic oxidation sites excluding steroid dienone is 3. The van der Waals surface area contributed by atoms with Crippen LogP contribution < -0.4 is 81.0 Å². The number of esters is 6. The molecule has 0 aliphatic heterocycles.